The normalized spacial score (nSPS) is 6.50. The van der Waals surface area contributed by atoms with Crippen molar-refractivity contribution in [3.05, 3.63) is 0 Å². The van der Waals surface area contributed by atoms with Gasteiger partial charge < -0.3 is 5.11 Å². The van der Waals surface area contributed by atoms with Crippen molar-refractivity contribution in [3.8, 4) is 0 Å². The minimum absolute atomic E-state index is 0.0556. The van der Waals surface area contributed by atoms with Crippen LogP contribution in [0, 0.1) is 0 Å². The molecule has 8 heavy (non-hydrogen) atoms. The number of rotatable bonds is 2. The number of aliphatic carboxylic acids is 1. The second-order valence-corrected chi connectivity index (χ2v) is 1.14. The standard InChI is InChI=1S/C4H8O2.Hf.O/c1-2-3-4(5)6;;/h2-3H2,1H3,(H,5,6);;. The van der Waals surface area contributed by atoms with Crippen LogP contribution in [0.5, 0.6) is 0 Å². The van der Waals surface area contributed by atoms with Gasteiger partial charge in [-0.25, -0.2) is 0 Å². The predicted molar refractivity (Wildman–Crippen MR) is 23.2 cm³/mol. The van der Waals surface area contributed by atoms with Crippen LogP contribution in [0.3, 0.4) is 0 Å². The second-order valence-electron chi connectivity index (χ2n) is 1.14. The van der Waals surface area contributed by atoms with E-state index in [9.17, 15) is 4.79 Å². The fourth-order valence-electron chi connectivity index (χ4n) is 0.214. The van der Waals surface area contributed by atoms with Crippen LogP contribution in [0.1, 0.15) is 19.8 Å². The zero-order valence-electron chi connectivity index (χ0n) is 4.68. The Balaban J connectivity index is 0. The molecule has 3 nitrogen and oxygen atoms in total. The van der Waals surface area contributed by atoms with E-state index in [1.54, 1.807) is 0 Å². The van der Waals surface area contributed by atoms with Crippen molar-refractivity contribution in [2.24, 2.45) is 0 Å². The molecule has 0 aliphatic heterocycles. The summed E-state index contributed by atoms with van der Waals surface area (Å²) in [6.07, 6.45) is 1.02. The summed E-state index contributed by atoms with van der Waals surface area (Å²) < 4.78 is 8.39. The molecule has 0 amide bonds. The number of carboxylic acid groups (broad SMARTS) is 1. The van der Waals surface area contributed by atoms with E-state index in [1.165, 1.54) is 0 Å². The molecule has 1 N–H and O–H groups in total. The maximum atomic E-state index is 9.60. The molecule has 0 aromatic heterocycles. The van der Waals surface area contributed by atoms with Gasteiger partial charge in [0.2, 0.25) is 0 Å². The van der Waals surface area contributed by atoms with E-state index in [1.807, 2.05) is 6.92 Å². The molecule has 0 aliphatic carbocycles. The van der Waals surface area contributed by atoms with Gasteiger partial charge in [-0.15, -0.1) is 0 Å². The van der Waals surface area contributed by atoms with Crippen LogP contribution >= 0.6 is 0 Å². The number of hydrogen-bond donors (Lipinski definition) is 1. The number of carboxylic acids is 1. The van der Waals surface area contributed by atoms with Crippen LogP contribution in [0.25, 0.3) is 0 Å². The van der Waals surface area contributed by atoms with Crippen molar-refractivity contribution in [2.75, 3.05) is 0 Å². The van der Waals surface area contributed by atoms with E-state index in [4.69, 9.17) is 7.96 Å². The first-order valence-electron chi connectivity index (χ1n) is 2.19. The molecule has 0 saturated carbocycles. The van der Waals surface area contributed by atoms with Crippen molar-refractivity contribution in [2.45, 2.75) is 19.8 Å². The van der Waals surface area contributed by atoms with Gasteiger partial charge in [0.1, 0.15) is 0 Å². The minimum atomic E-state index is -0.711. The van der Waals surface area contributed by atoms with Crippen molar-refractivity contribution < 1.29 is 37.1 Å². The Morgan fingerprint density at radius 2 is 2.00 bits per heavy atom. The Bertz CT molecular complexity index is 64.3. The molecule has 0 atom stereocenters. The summed E-state index contributed by atoms with van der Waals surface area (Å²) in [5.74, 6) is -0.711. The van der Waals surface area contributed by atoms with Gasteiger partial charge in [-0.05, 0) is 6.42 Å². The van der Waals surface area contributed by atoms with Crippen LogP contribution in [0.4, 0.5) is 0 Å². The molecule has 0 aromatic rings. The Hall–Kier alpha value is 0.140. The molecule has 0 heterocycles. The van der Waals surface area contributed by atoms with Gasteiger partial charge >= 0.3 is 33.2 Å². The molecule has 0 aromatic carbocycles. The van der Waals surface area contributed by atoms with E-state index >= 15 is 0 Å². The van der Waals surface area contributed by atoms with Crippen LogP contribution in [-0.4, -0.2) is 11.1 Å². The van der Waals surface area contributed by atoms with Gasteiger partial charge in [0.15, 0.2) is 0 Å². The van der Waals surface area contributed by atoms with E-state index in [0.29, 0.717) is 6.42 Å². The van der Waals surface area contributed by atoms with Crippen molar-refractivity contribution in [3.63, 3.8) is 0 Å². The fourth-order valence-corrected chi connectivity index (χ4v) is 0.214. The van der Waals surface area contributed by atoms with Crippen LogP contribution < -0.4 is 0 Å². The van der Waals surface area contributed by atoms with Crippen molar-refractivity contribution in [1.82, 2.24) is 0 Å². The van der Waals surface area contributed by atoms with Gasteiger partial charge in [0.05, 0.1) is 0 Å². The van der Waals surface area contributed by atoms with E-state index in [0.717, 1.165) is 6.42 Å². The molecule has 0 aliphatic rings. The third-order valence-electron chi connectivity index (χ3n) is 0.464. The topological polar surface area (TPSA) is 54.4 Å². The Labute approximate surface area is 63.1 Å². The third kappa shape index (κ3) is 16.5. The predicted octanol–water partition coefficient (Wildman–Crippen LogP) is 0.750. The summed E-state index contributed by atoms with van der Waals surface area (Å²) in [6, 6.07) is 0. The van der Waals surface area contributed by atoms with E-state index in [2.05, 4.69) is 0 Å². The SMILES string of the molecule is CCCC(=O)O.[O]=[Hf]. The first-order chi connectivity index (χ1) is 3.77. The first kappa shape index (κ1) is 11.0. The molecule has 0 bridgehead atoms. The zero-order chi connectivity index (χ0) is 6.99. The molecular weight excluding hydrogens is 275 g/mol. The second kappa shape index (κ2) is 10.2. The molecule has 46 valence electrons. The van der Waals surface area contributed by atoms with Gasteiger partial charge in [-0.3, -0.25) is 4.79 Å². The fraction of sp³-hybridized carbons (Fsp3) is 0.750. The molecule has 0 radical (unpaired) electrons. The molecule has 4 heteroatoms. The Morgan fingerprint density at radius 1 is 1.62 bits per heavy atom. The Kier molecular flexibility index (Phi) is 14.0. The first-order valence-corrected chi connectivity index (χ1v) is 3.66. The monoisotopic (exact) mass is 284 g/mol. The quantitative estimate of drug-likeness (QED) is 0.761. The average molecular weight is 283 g/mol. The van der Waals surface area contributed by atoms with Crippen LogP contribution in [0.2, 0.25) is 0 Å². The molecular formula is C4H8HfO3. The summed E-state index contributed by atoms with van der Waals surface area (Å²) in [4.78, 5) is 9.60. The van der Waals surface area contributed by atoms with Gasteiger partial charge in [0, 0.05) is 6.42 Å². The summed E-state index contributed by atoms with van der Waals surface area (Å²) >= 11 is 0.0556. The average Bonchev–Trinajstić information content (AvgIpc) is 1.72. The third-order valence-corrected chi connectivity index (χ3v) is 0.464. The zero-order valence-corrected chi connectivity index (χ0v) is 8.27. The number of hydrogen-bond acceptors (Lipinski definition) is 2. The van der Waals surface area contributed by atoms with Gasteiger partial charge in [0.25, 0.3) is 0 Å². The van der Waals surface area contributed by atoms with Gasteiger partial charge in [-0.2, -0.15) is 0 Å². The summed E-state index contributed by atoms with van der Waals surface area (Å²) in [6.45, 7) is 1.84. The van der Waals surface area contributed by atoms with E-state index < -0.39 is 5.97 Å². The molecule has 0 rings (SSSR count). The summed E-state index contributed by atoms with van der Waals surface area (Å²) in [7, 11) is 0. The maximum absolute atomic E-state index is 9.60. The van der Waals surface area contributed by atoms with E-state index in [-0.39, 0.29) is 24.4 Å². The molecule has 0 fully saturated rings. The summed E-state index contributed by atoms with van der Waals surface area (Å²) in [5.41, 5.74) is 0. The molecule has 0 saturated heterocycles. The summed E-state index contributed by atoms with van der Waals surface area (Å²) in [5, 5.41) is 7.91. The van der Waals surface area contributed by atoms with Crippen LogP contribution in [0.15, 0.2) is 0 Å². The van der Waals surface area contributed by atoms with Crippen molar-refractivity contribution >= 4 is 5.97 Å². The number of carbonyl (C=O) groups is 1. The van der Waals surface area contributed by atoms with Crippen molar-refractivity contribution in [1.29, 1.82) is 0 Å². The van der Waals surface area contributed by atoms with Crippen LogP contribution in [-0.2, 0) is 32.0 Å². The molecule has 0 unspecified atom stereocenters. The van der Waals surface area contributed by atoms with Gasteiger partial charge in [-0.1, -0.05) is 6.92 Å². The molecule has 0 spiro atoms. The Morgan fingerprint density at radius 3 is 2.00 bits per heavy atom.